The van der Waals surface area contributed by atoms with Crippen LogP contribution in [0.1, 0.15) is 10.4 Å². The number of carboxylic acids is 1. The van der Waals surface area contributed by atoms with Crippen molar-refractivity contribution in [3.05, 3.63) is 34.4 Å². The average molecular weight is 193 g/mol. The first kappa shape index (κ1) is 8.93. The summed E-state index contributed by atoms with van der Waals surface area (Å²) < 4.78 is 25.4. The summed E-state index contributed by atoms with van der Waals surface area (Å²) in [4.78, 5) is 10.3. The molecule has 0 aliphatic rings. The second-order valence-electron chi connectivity index (χ2n) is 2.02. The molecule has 1 aromatic carbocycles. The highest BCUT2D eigenvalue weighted by Crippen LogP contribution is 2.20. The lowest BCUT2D eigenvalue weighted by atomic mass is 10.2. The molecule has 0 heterocycles. The van der Waals surface area contributed by atoms with Crippen LogP contribution in [0.15, 0.2) is 12.1 Å². The lowest BCUT2D eigenvalue weighted by molar-refractivity contribution is 0.0686. The molecule has 0 fully saturated rings. The van der Waals surface area contributed by atoms with Gasteiger partial charge in [-0.25, -0.2) is 13.6 Å². The lowest BCUT2D eigenvalue weighted by Gasteiger charge is -1.99. The first-order valence-corrected chi connectivity index (χ1v) is 3.28. The summed E-state index contributed by atoms with van der Waals surface area (Å²) in [5.41, 5.74) is -1.03. The molecule has 0 aromatic heterocycles. The molecule has 1 rings (SSSR count). The fourth-order valence-corrected chi connectivity index (χ4v) is 0.881. The van der Waals surface area contributed by atoms with Gasteiger partial charge in [0, 0.05) is 0 Å². The summed E-state index contributed by atoms with van der Waals surface area (Å²) in [5.74, 6) is -4.05. The van der Waals surface area contributed by atoms with Gasteiger partial charge in [-0.2, -0.15) is 0 Å². The zero-order chi connectivity index (χ0) is 9.30. The molecule has 64 valence electrons. The maximum atomic E-state index is 12.8. The molecule has 1 N–H and O–H groups in total. The monoisotopic (exact) mass is 192 g/mol. The van der Waals surface area contributed by atoms with E-state index in [0.29, 0.717) is 0 Å². The van der Waals surface area contributed by atoms with Crippen LogP contribution in [0.3, 0.4) is 0 Å². The number of benzene rings is 1. The van der Waals surface area contributed by atoms with Crippen molar-refractivity contribution in [1.82, 2.24) is 0 Å². The molecule has 0 bridgehead atoms. The van der Waals surface area contributed by atoms with Crippen molar-refractivity contribution in [3.8, 4) is 0 Å². The van der Waals surface area contributed by atoms with E-state index in [2.05, 4.69) is 0 Å². The highest BCUT2D eigenvalue weighted by atomic mass is 35.5. The van der Waals surface area contributed by atoms with Crippen molar-refractivity contribution < 1.29 is 18.7 Å². The number of carboxylic acid groups (broad SMARTS) is 1. The molecule has 0 amide bonds. The van der Waals surface area contributed by atoms with Crippen molar-refractivity contribution in [2.75, 3.05) is 0 Å². The van der Waals surface area contributed by atoms with Crippen LogP contribution >= 0.6 is 11.6 Å². The molecule has 2 nitrogen and oxygen atoms in total. The van der Waals surface area contributed by atoms with Gasteiger partial charge in [-0.15, -0.1) is 0 Å². The largest absolute Gasteiger partial charge is 0.477 e. The topological polar surface area (TPSA) is 37.3 Å². The second-order valence-corrected chi connectivity index (χ2v) is 2.43. The SMILES string of the molecule is O=C(O)c1c(F)ccc(Cl)c1F. The first-order valence-electron chi connectivity index (χ1n) is 2.91. The average Bonchev–Trinajstić information content (AvgIpc) is 1.97. The number of aromatic carboxylic acids is 1. The first-order chi connectivity index (χ1) is 5.54. The Balaban J connectivity index is 3.43. The van der Waals surface area contributed by atoms with Gasteiger partial charge in [-0.05, 0) is 12.1 Å². The van der Waals surface area contributed by atoms with E-state index in [1.165, 1.54) is 0 Å². The molecule has 0 radical (unpaired) electrons. The van der Waals surface area contributed by atoms with Gasteiger partial charge in [0.15, 0.2) is 5.82 Å². The predicted octanol–water partition coefficient (Wildman–Crippen LogP) is 2.32. The van der Waals surface area contributed by atoms with Crippen LogP contribution in [0.5, 0.6) is 0 Å². The van der Waals surface area contributed by atoms with Gasteiger partial charge in [0.25, 0.3) is 0 Å². The molecule has 0 saturated carbocycles. The summed E-state index contributed by atoms with van der Waals surface area (Å²) in [6.07, 6.45) is 0. The van der Waals surface area contributed by atoms with Gasteiger partial charge in [-0.3, -0.25) is 0 Å². The quantitative estimate of drug-likeness (QED) is 0.694. The van der Waals surface area contributed by atoms with Crippen molar-refractivity contribution in [3.63, 3.8) is 0 Å². The van der Waals surface area contributed by atoms with E-state index in [1.54, 1.807) is 0 Å². The molecular formula is C7H3ClF2O2. The van der Waals surface area contributed by atoms with Gasteiger partial charge < -0.3 is 5.11 Å². The molecule has 5 heteroatoms. The highest BCUT2D eigenvalue weighted by Gasteiger charge is 2.18. The van der Waals surface area contributed by atoms with Gasteiger partial charge in [-0.1, -0.05) is 11.6 Å². The van der Waals surface area contributed by atoms with E-state index in [9.17, 15) is 13.6 Å². The van der Waals surface area contributed by atoms with Crippen molar-refractivity contribution in [2.24, 2.45) is 0 Å². The van der Waals surface area contributed by atoms with Gasteiger partial charge in [0.2, 0.25) is 0 Å². The number of rotatable bonds is 1. The maximum Gasteiger partial charge on any atom is 0.341 e. The van der Waals surface area contributed by atoms with E-state index >= 15 is 0 Å². The van der Waals surface area contributed by atoms with Crippen LogP contribution in [0.4, 0.5) is 8.78 Å². The van der Waals surface area contributed by atoms with E-state index < -0.39 is 28.2 Å². The minimum absolute atomic E-state index is 0.409. The Hall–Kier alpha value is -1.16. The fourth-order valence-electron chi connectivity index (χ4n) is 0.723. The van der Waals surface area contributed by atoms with Crippen LogP contribution in [0.25, 0.3) is 0 Å². The summed E-state index contributed by atoms with van der Waals surface area (Å²) in [6.45, 7) is 0. The summed E-state index contributed by atoms with van der Waals surface area (Å²) in [6, 6.07) is 1.76. The highest BCUT2D eigenvalue weighted by molar-refractivity contribution is 6.31. The number of hydrogen-bond donors (Lipinski definition) is 1. The Labute approximate surface area is 71.4 Å². The van der Waals surface area contributed by atoms with Crippen LogP contribution in [-0.2, 0) is 0 Å². The van der Waals surface area contributed by atoms with Gasteiger partial charge in [0.05, 0.1) is 5.02 Å². The van der Waals surface area contributed by atoms with Crippen LogP contribution < -0.4 is 0 Å². The fraction of sp³-hybridized carbons (Fsp3) is 0. The minimum atomic E-state index is -1.67. The minimum Gasteiger partial charge on any atom is -0.477 e. The molecule has 0 spiro atoms. The molecule has 0 saturated heterocycles. The molecule has 0 aliphatic carbocycles. The van der Waals surface area contributed by atoms with E-state index in [0.717, 1.165) is 12.1 Å². The Morgan fingerprint density at radius 2 is 2.00 bits per heavy atom. The third-order valence-corrected chi connectivity index (χ3v) is 1.55. The maximum absolute atomic E-state index is 12.8. The van der Waals surface area contributed by atoms with E-state index in [1.807, 2.05) is 0 Å². The van der Waals surface area contributed by atoms with E-state index in [4.69, 9.17) is 16.7 Å². The lowest BCUT2D eigenvalue weighted by Crippen LogP contribution is -2.04. The summed E-state index contributed by atoms with van der Waals surface area (Å²) in [7, 11) is 0. The van der Waals surface area contributed by atoms with Crippen molar-refractivity contribution in [2.45, 2.75) is 0 Å². The smallest absolute Gasteiger partial charge is 0.341 e. The van der Waals surface area contributed by atoms with Crippen LogP contribution in [0.2, 0.25) is 5.02 Å². The molecule has 0 atom stereocenters. The Kier molecular flexibility index (Phi) is 2.28. The van der Waals surface area contributed by atoms with E-state index in [-0.39, 0.29) is 0 Å². The molecule has 0 unspecified atom stereocenters. The second kappa shape index (κ2) is 3.06. The van der Waals surface area contributed by atoms with Crippen LogP contribution in [0, 0.1) is 11.6 Å². The third kappa shape index (κ3) is 1.38. The Morgan fingerprint density at radius 1 is 1.42 bits per heavy atom. The zero-order valence-corrected chi connectivity index (χ0v) is 6.40. The zero-order valence-electron chi connectivity index (χ0n) is 5.64. The number of carbonyl (C=O) groups is 1. The third-order valence-electron chi connectivity index (χ3n) is 1.26. The number of hydrogen-bond acceptors (Lipinski definition) is 1. The number of halogens is 3. The van der Waals surface area contributed by atoms with Crippen molar-refractivity contribution in [1.29, 1.82) is 0 Å². The molecule has 12 heavy (non-hydrogen) atoms. The Bertz CT molecular complexity index is 338. The summed E-state index contributed by atoms with van der Waals surface area (Å²) in [5, 5.41) is 7.92. The normalized spacial score (nSPS) is 9.92. The molecule has 0 aliphatic heterocycles. The Morgan fingerprint density at radius 3 is 2.42 bits per heavy atom. The van der Waals surface area contributed by atoms with Crippen LogP contribution in [-0.4, -0.2) is 11.1 Å². The molecule has 1 aromatic rings. The van der Waals surface area contributed by atoms with Gasteiger partial charge >= 0.3 is 5.97 Å². The summed E-state index contributed by atoms with van der Waals surface area (Å²) >= 11 is 5.22. The predicted molar refractivity (Wildman–Crippen MR) is 38.3 cm³/mol. The molecular weight excluding hydrogens is 190 g/mol. The van der Waals surface area contributed by atoms with Gasteiger partial charge in [0.1, 0.15) is 11.4 Å². The standard InChI is InChI=1S/C7H3ClF2O2/c8-3-1-2-4(9)5(6(3)10)7(11)12/h1-2H,(H,11,12). The van der Waals surface area contributed by atoms with Crippen molar-refractivity contribution >= 4 is 17.6 Å².